The van der Waals surface area contributed by atoms with Gasteiger partial charge < -0.3 is 19.5 Å². The second-order valence-electron chi connectivity index (χ2n) is 3.42. The molecular formula is C11H10NO4-. The summed E-state index contributed by atoms with van der Waals surface area (Å²) >= 11 is 0. The summed E-state index contributed by atoms with van der Waals surface area (Å²) in [5.74, 6) is -0.808. The fourth-order valence-corrected chi connectivity index (χ4v) is 1.60. The van der Waals surface area contributed by atoms with Crippen molar-refractivity contribution in [3.05, 3.63) is 24.3 Å². The molecule has 0 radical (unpaired) electrons. The highest BCUT2D eigenvalue weighted by Gasteiger charge is 2.24. The zero-order chi connectivity index (χ0) is 11.5. The fourth-order valence-electron chi connectivity index (χ4n) is 1.60. The number of amides is 1. The van der Waals surface area contributed by atoms with Crippen LogP contribution in [-0.4, -0.2) is 25.0 Å². The molecule has 0 unspecified atom stereocenters. The third-order valence-electron chi connectivity index (χ3n) is 2.35. The summed E-state index contributed by atoms with van der Waals surface area (Å²) < 4.78 is 5.22. The highest BCUT2D eigenvalue weighted by molar-refractivity contribution is 5.98. The molecule has 0 aromatic heterocycles. The van der Waals surface area contributed by atoms with Crippen LogP contribution in [0.2, 0.25) is 0 Å². The van der Waals surface area contributed by atoms with Crippen LogP contribution in [-0.2, 0) is 9.59 Å². The van der Waals surface area contributed by atoms with Crippen molar-refractivity contribution in [3.63, 3.8) is 0 Å². The molecule has 1 aliphatic rings. The van der Waals surface area contributed by atoms with Crippen molar-refractivity contribution in [2.75, 3.05) is 18.1 Å². The molecule has 1 aromatic carbocycles. The molecule has 0 bridgehead atoms. The fraction of sp³-hybridized carbons (Fsp3) is 0.273. The average molecular weight is 220 g/mol. The summed E-state index contributed by atoms with van der Waals surface area (Å²) in [6.07, 6.45) is -0.180. The summed E-state index contributed by atoms with van der Waals surface area (Å²) in [5, 5.41) is 10.4. The monoisotopic (exact) mass is 220 g/mol. The Hall–Kier alpha value is -2.04. The maximum Gasteiger partial charge on any atom is 0.265 e. The van der Waals surface area contributed by atoms with E-state index in [-0.39, 0.29) is 25.5 Å². The van der Waals surface area contributed by atoms with E-state index in [4.69, 9.17) is 4.74 Å². The Morgan fingerprint density at radius 3 is 2.94 bits per heavy atom. The molecule has 1 heterocycles. The van der Waals surface area contributed by atoms with Gasteiger partial charge in [-0.05, 0) is 12.1 Å². The van der Waals surface area contributed by atoms with Gasteiger partial charge in [0.1, 0.15) is 5.75 Å². The Kier molecular flexibility index (Phi) is 2.76. The smallest absolute Gasteiger partial charge is 0.265 e. The van der Waals surface area contributed by atoms with E-state index in [0.717, 1.165) is 0 Å². The lowest BCUT2D eigenvalue weighted by Gasteiger charge is -2.29. The van der Waals surface area contributed by atoms with Gasteiger partial charge in [-0.3, -0.25) is 4.79 Å². The molecule has 0 saturated carbocycles. The Bertz CT molecular complexity index is 430. The number of hydrogen-bond donors (Lipinski definition) is 0. The first kappa shape index (κ1) is 10.5. The summed E-state index contributed by atoms with van der Waals surface area (Å²) in [7, 11) is 0. The predicted molar refractivity (Wildman–Crippen MR) is 53.9 cm³/mol. The lowest BCUT2D eigenvalue weighted by molar-refractivity contribution is -0.305. The second-order valence-corrected chi connectivity index (χ2v) is 3.42. The highest BCUT2D eigenvalue weighted by Crippen LogP contribution is 2.31. The van der Waals surface area contributed by atoms with Crippen molar-refractivity contribution in [1.29, 1.82) is 0 Å². The number of carbonyl (C=O) groups excluding carboxylic acids is 2. The largest absolute Gasteiger partial charge is 0.550 e. The number of ether oxygens (including phenoxy) is 1. The van der Waals surface area contributed by atoms with Gasteiger partial charge in [-0.1, -0.05) is 12.1 Å². The van der Waals surface area contributed by atoms with Gasteiger partial charge in [0.05, 0.1) is 5.69 Å². The molecule has 2 rings (SSSR count). The molecule has 0 fully saturated rings. The van der Waals surface area contributed by atoms with E-state index in [0.29, 0.717) is 11.4 Å². The molecule has 1 aliphatic heterocycles. The lowest BCUT2D eigenvalue weighted by Crippen LogP contribution is -2.41. The van der Waals surface area contributed by atoms with Gasteiger partial charge in [0, 0.05) is 18.9 Å². The molecule has 0 aliphatic carbocycles. The first-order valence-corrected chi connectivity index (χ1v) is 4.90. The zero-order valence-electron chi connectivity index (χ0n) is 8.51. The van der Waals surface area contributed by atoms with Crippen LogP contribution in [0.15, 0.2) is 24.3 Å². The average Bonchev–Trinajstić information content (AvgIpc) is 2.27. The molecule has 0 N–H and O–H groups in total. The van der Waals surface area contributed by atoms with Gasteiger partial charge in [0.25, 0.3) is 5.91 Å². The van der Waals surface area contributed by atoms with Crippen molar-refractivity contribution in [1.82, 2.24) is 0 Å². The van der Waals surface area contributed by atoms with Crippen LogP contribution in [0.25, 0.3) is 0 Å². The molecule has 0 spiro atoms. The minimum absolute atomic E-state index is 0.0515. The van der Waals surface area contributed by atoms with Gasteiger partial charge in [0.15, 0.2) is 6.61 Å². The Morgan fingerprint density at radius 2 is 2.19 bits per heavy atom. The summed E-state index contributed by atoms with van der Waals surface area (Å²) in [6.45, 7) is 0.0611. The van der Waals surface area contributed by atoms with Crippen LogP contribution in [0.5, 0.6) is 5.75 Å². The van der Waals surface area contributed by atoms with Crippen LogP contribution in [0.4, 0.5) is 5.69 Å². The van der Waals surface area contributed by atoms with Crippen LogP contribution >= 0.6 is 0 Å². The van der Waals surface area contributed by atoms with E-state index in [2.05, 4.69) is 0 Å². The first-order chi connectivity index (χ1) is 7.68. The van der Waals surface area contributed by atoms with Gasteiger partial charge >= 0.3 is 0 Å². The minimum Gasteiger partial charge on any atom is -0.550 e. The number of hydrogen-bond acceptors (Lipinski definition) is 4. The highest BCUT2D eigenvalue weighted by atomic mass is 16.5. The Balaban J connectivity index is 2.23. The molecule has 1 amide bonds. The van der Waals surface area contributed by atoms with E-state index in [1.807, 2.05) is 0 Å². The normalized spacial score (nSPS) is 14.2. The SMILES string of the molecule is O=C([O-])CCN1C(=O)COc2ccccc21. The number of para-hydroxylation sites is 2. The van der Waals surface area contributed by atoms with E-state index < -0.39 is 5.97 Å². The second kappa shape index (κ2) is 4.22. The van der Waals surface area contributed by atoms with Gasteiger partial charge in [-0.15, -0.1) is 0 Å². The molecule has 5 heteroatoms. The van der Waals surface area contributed by atoms with Crippen LogP contribution in [0.1, 0.15) is 6.42 Å². The van der Waals surface area contributed by atoms with E-state index in [9.17, 15) is 14.7 Å². The molecule has 1 aromatic rings. The number of aliphatic carboxylic acids is 1. The maximum atomic E-state index is 11.6. The van der Waals surface area contributed by atoms with Crippen molar-refractivity contribution in [2.24, 2.45) is 0 Å². The van der Waals surface area contributed by atoms with Crippen molar-refractivity contribution >= 4 is 17.6 Å². The quantitative estimate of drug-likeness (QED) is 0.692. The summed E-state index contributed by atoms with van der Waals surface area (Å²) in [4.78, 5) is 23.3. The summed E-state index contributed by atoms with van der Waals surface area (Å²) in [5.41, 5.74) is 0.611. The first-order valence-electron chi connectivity index (χ1n) is 4.90. The van der Waals surface area contributed by atoms with Crippen LogP contribution < -0.4 is 14.7 Å². The van der Waals surface area contributed by atoms with E-state index in [1.165, 1.54) is 4.90 Å². The molecule has 5 nitrogen and oxygen atoms in total. The lowest BCUT2D eigenvalue weighted by atomic mass is 10.2. The number of rotatable bonds is 3. The minimum atomic E-state index is -1.17. The van der Waals surface area contributed by atoms with Crippen LogP contribution in [0.3, 0.4) is 0 Å². The number of fused-ring (bicyclic) bond motifs is 1. The molecular weight excluding hydrogens is 210 g/mol. The molecule has 0 atom stereocenters. The van der Waals surface area contributed by atoms with Gasteiger partial charge in [-0.25, -0.2) is 0 Å². The topological polar surface area (TPSA) is 69.7 Å². The van der Waals surface area contributed by atoms with Gasteiger partial charge in [-0.2, -0.15) is 0 Å². The standard InChI is InChI=1S/C11H11NO4/c13-10-7-16-9-4-2-1-3-8(9)12(10)6-5-11(14)15/h1-4H,5-7H2,(H,14,15)/p-1. The van der Waals surface area contributed by atoms with Gasteiger partial charge in [0.2, 0.25) is 0 Å². The predicted octanol–water partition coefficient (Wildman–Crippen LogP) is -0.448. The third-order valence-corrected chi connectivity index (χ3v) is 2.35. The van der Waals surface area contributed by atoms with Crippen LogP contribution in [0, 0.1) is 0 Å². The number of benzene rings is 1. The number of carboxylic acid groups (broad SMARTS) is 1. The maximum absolute atomic E-state index is 11.6. The van der Waals surface area contributed by atoms with Crippen molar-refractivity contribution < 1.29 is 19.4 Å². The summed E-state index contributed by atoms with van der Waals surface area (Å²) in [6, 6.07) is 7.04. The third kappa shape index (κ3) is 1.98. The molecule has 16 heavy (non-hydrogen) atoms. The Morgan fingerprint density at radius 1 is 1.44 bits per heavy atom. The van der Waals surface area contributed by atoms with E-state index >= 15 is 0 Å². The molecule has 84 valence electrons. The number of carboxylic acids is 1. The van der Waals surface area contributed by atoms with Crippen molar-refractivity contribution in [3.8, 4) is 5.75 Å². The van der Waals surface area contributed by atoms with E-state index in [1.54, 1.807) is 24.3 Å². The Labute approximate surface area is 92.2 Å². The zero-order valence-corrected chi connectivity index (χ0v) is 8.51. The number of nitrogens with zero attached hydrogens (tertiary/aromatic N) is 1. The number of anilines is 1. The molecule has 0 saturated heterocycles. The number of carbonyl (C=O) groups is 2. The van der Waals surface area contributed by atoms with Crippen molar-refractivity contribution in [2.45, 2.75) is 6.42 Å².